The van der Waals surface area contributed by atoms with Gasteiger partial charge in [-0.2, -0.15) is 0 Å². The Kier molecular flexibility index (Phi) is 7.92. The molecular formula is C4H13IN4. The van der Waals surface area contributed by atoms with Gasteiger partial charge in [0.05, 0.1) is 0 Å². The lowest BCUT2D eigenvalue weighted by atomic mass is 10.8. The number of rotatable bonds is 0. The molecule has 56 valence electrons. The summed E-state index contributed by atoms with van der Waals surface area (Å²) in [5.41, 5.74) is 2.43. The summed E-state index contributed by atoms with van der Waals surface area (Å²) < 4.78 is 0. The van der Waals surface area contributed by atoms with E-state index in [1.807, 2.05) is 14.1 Å². The second kappa shape index (κ2) is 6.09. The van der Waals surface area contributed by atoms with E-state index in [4.69, 9.17) is 5.84 Å². The Balaban J connectivity index is 0. The molecule has 0 amide bonds. The van der Waals surface area contributed by atoms with Crippen LogP contribution in [0.4, 0.5) is 0 Å². The fourth-order valence-electron chi connectivity index (χ4n) is 0.394. The minimum atomic E-state index is 0. The SMILES string of the molecule is CN=C(NN)N(C)C.I. The number of hydrogen-bond donors (Lipinski definition) is 2. The molecule has 3 N–H and O–H groups in total. The van der Waals surface area contributed by atoms with Crippen LogP contribution in [0.5, 0.6) is 0 Å². The van der Waals surface area contributed by atoms with Gasteiger partial charge in [0, 0.05) is 21.1 Å². The Bertz CT molecular complexity index is 90.6. The van der Waals surface area contributed by atoms with Crippen LogP contribution in [-0.2, 0) is 0 Å². The summed E-state index contributed by atoms with van der Waals surface area (Å²) in [6.07, 6.45) is 0. The zero-order valence-corrected chi connectivity index (χ0v) is 8.21. The Hall–Kier alpha value is -0.0400. The lowest BCUT2D eigenvalue weighted by Gasteiger charge is -2.12. The van der Waals surface area contributed by atoms with E-state index in [1.54, 1.807) is 11.9 Å². The van der Waals surface area contributed by atoms with Crippen molar-refractivity contribution in [3.8, 4) is 0 Å². The van der Waals surface area contributed by atoms with Crippen LogP contribution in [-0.4, -0.2) is 32.0 Å². The van der Waals surface area contributed by atoms with Crippen LogP contribution < -0.4 is 11.3 Å². The molecule has 0 radical (unpaired) electrons. The van der Waals surface area contributed by atoms with Crippen molar-refractivity contribution in [3.63, 3.8) is 0 Å². The van der Waals surface area contributed by atoms with Gasteiger partial charge in [-0.1, -0.05) is 0 Å². The quantitative estimate of drug-likeness (QED) is 0.201. The van der Waals surface area contributed by atoms with Gasteiger partial charge in [-0.15, -0.1) is 24.0 Å². The fraction of sp³-hybridized carbons (Fsp3) is 0.750. The summed E-state index contributed by atoms with van der Waals surface area (Å²) in [5.74, 6) is 5.73. The van der Waals surface area contributed by atoms with E-state index in [9.17, 15) is 0 Å². The third-order valence-corrected chi connectivity index (χ3v) is 0.765. The lowest BCUT2D eigenvalue weighted by molar-refractivity contribution is 0.588. The molecule has 0 aliphatic heterocycles. The molecule has 0 unspecified atom stereocenters. The van der Waals surface area contributed by atoms with E-state index in [0.29, 0.717) is 5.96 Å². The van der Waals surface area contributed by atoms with Crippen LogP contribution >= 0.6 is 24.0 Å². The van der Waals surface area contributed by atoms with E-state index >= 15 is 0 Å². The number of nitrogens with one attached hydrogen (secondary N) is 1. The Morgan fingerprint density at radius 1 is 1.56 bits per heavy atom. The third kappa shape index (κ3) is 4.46. The first-order chi connectivity index (χ1) is 3.72. The van der Waals surface area contributed by atoms with Crippen molar-refractivity contribution in [1.29, 1.82) is 0 Å². The summed E-state index contributed by atoms with van der Waals surface area (Å²) in [4.78, 5) is 5.60. The van der Waals surface area contributed by atoms with Gasteiger partial charge in [0.1, 0.15) is 0 Å². The van der Waals surface area contributed by atoms with E-state index in [0.717, 1.165) is 0 Å². The minimum Gasteiger partial charge on any atom is -0.348 e. The first kappa shape index (κ1) is 11.7. The van der Waals surface area contributed by atoms with Gasteiger partial charge in [0.2, 0.25) is 5.96 Å². The minimum absolute atomic E-state index is 0. The normalized spacial score (nSPS) is 10.0. The predicted octanol–water partition coefficient (Wildman–Crippen LogP) is -0.385. The summed E-state index contributed by atoms with van der Waals surface area (Å²) in [5, 5.41) is 0. The monoisotopic (exact) mass is 244 g/mol. The molecule has 0 bridgehead atoms. The number of nitrogens with two attached hydrogens (primary N) is 1. The van der Waals surface area contributed by atoms with E-state index in [-0.39, 0.29) is 24.0 Å². The molecule has 0 aromatic rings. The molecule has 0 heterocycles. The Labute approximate surface area is 72.5 Å². The molecule has 4 nitrogen and oxygen atoms in total. The molecule has 0 saturated carbocycles. The van der Waals surface area contributed by atoms with Gasteiger partial charge in [-0.3, -0.25) is 10.4 Å². The smallest absolute Gasteiger partial charge is 0.207 e. The second-order valence-corrected chi connectivity index (χ2v) is 1.59. The zero-order valence-electron chi connectivity index (χ0n) is 5.88. The average Bonchev–Trinajstić information content (AvgIpc) is 1.69. The van der Waals surface area contributed by atoms with E-state index in [2.05, 4.69) is 10.4 Å². The summed E-state index contributed by atoms with van der Waals surface area (Å²) in [6.45, 7) is 0. The first-order valence-electron chi connectivity index (χ1n) is 2.33. The van der Waals surface area contributed by atoms with Gasteiger partial charge >= 0.3 is 0 Å². The molecule has 0 aliphatic rings. The summed E-state index contributed by atoms with van der Waals surface area (Å²) >= 11 is 0. The van der Waals surface area contributed by atoms with E-state index in [1.165, 1.54) is 0 Å². The number of hydrogen-bond acceptors (Lipinski definition) is 2. The Morgan fingerprint density at radius 2 is 2.00 bits per heavy atom. The largest absolute Gasteiger partial charge is 0.348 e. The van der Waals surface area contributed by atoms with Crippen molar-refractivity contribution in [2.75, 3.05) is 21.1 Å². The molecule has 0 aromatic carbocycles. The maximum atomic E-state index is 5.06. The third-order valence-electron chi connectivity index (χ3n) is 0.765. The maximum Gasteiger partial charge on any atom is 0.207 e. The molecule has 0 aliphatic carbocycles. The van der Waals surface area contributed by atoms with Crippen LogP contribution in [0, 0.1) is 0 Å². The van der Waals surface area contributed by atoms with Gasteiger partial charge < -0.3 is 4.90 Å². The number of halogens is 1. The van der Waals surface area contributed by atoms with Gasteiger partial charge in [0.15, 0.2) is 0 Å². The van der Waals surface area contributed by atoms with Crippen molar-refractivity contribution in [3.05, 3.63) is 0 Å². The second-order valence-electron chi connectivity index (χ2n) is 1.59. The Morgan fingerprint density at radius 3 is 2.00 bits per heavy atom. The summed E-state index contributed by atoms with van der Waals surface area (Å²) in [6, 6.07) is 0. The van der Waals surface area contributed by atoms with E-state index < -0.39 is 0 Å². The van der Waals surface area contributed by atoms with Crippen molar-refractivity contribution in [2.24, 2.45) is 10.8 Å². The molecule has 0 aromatic heterocycles. The highest BCUT2D eigenvalue weighted by molar-refractivity contribution is 14.0. The molecule has 0 rings (SSSR count). The molecule has 0 atom stereocenters. The standard InChI is InChI=1S/C4H12N4.HI/c1-6-4(7-5)8(2)3;/h5H2,1-3H3,(H,6,7);1H. The van der Waals surface area contributed by atoms with Gasteiger partial charge in [-0.25, -0.2) is 5.84 Å². The van der Waals surface area contributed by atoms with Crippen LogP contribution in [0.3, 0.4) is 0 Å². The molecular weight excluding hydrogens is 231 g/mol. The van der Waals surface area contributed by atoms with Crippen molar-refractivity contribution >= 4 is 29.9 Å². The zero-order chi connectivity index (χ0) is 6.57. The van der Waals surface area contributed by atoms with Gasteiger partial charge in [0.25, 0.3) is 0 Å². The number of nitrogens with zero attached hydrogens (tertiary/aromatic N) is 2. The molecule has 9 heavy (non-hydrogen) atoms. The molecule has 0 saturated heterocycles. The van der Waals surface area contributed by atoms with Gasteiger partial charge in [-0.05, 0) is 0 Å². The van der Waals surface area contributed by atoms with Crippen molar-refractivity contribution in [2.45, 2.75) is 0 Å². The molecule has 0 fully saturated rings. The number of hydrazine groups is 1. The topological polar surface area (TPSA) is 53.6 Å². The van der Waals surface area contributed by atoms with Crippen molar-refractivity contribution in [1.82, 2.24) is 10.3 Å². The fourth-order valence-corrected chi connectivity index (χ4v) is 0.394. The van der Waals surface area contributed by atoms with Crippen LogP contribution in [0.2, 0.25) is 0 Å². The average molecular weight is 244 g/mol. The summed E-state index contributed by atoms with van der Waals surface area (Å²) in [7, 11) is 5.40. The molecule has 0 spiro atoms. The highest BCUT2D eigenvalue weighted by atomic mass is 127. The first-order valence-corrected chi connectivity index (χ1v) is 2.33. The maximum absolute atomic E-state index is 5.06. The lowest BCUT2D eigenvalue weighted by Crippen LogP contribution is -2.40. The highest BCUT2D eigenvalue weighted by Crippen LogP contribution is 1.72. The van der Waals surface area contributed by atoms with Crippen LogP contribution in [0.1, 0.15) is 0 Å². The predicted molar refractivity (Wildman–Crippen MR) is 49.8 cm³/mol. The van der Waals surface area contributed by atoms with Crippen LogP contribution in [0.15, 0.2) is 4.99 Å². The van der Waals surface area contributed by atoms with Crippen molar-refractivity contribution < 1.29 is 0 Å². The molecule has 5 heteroatoms. The van der Waals surface area contributed by atoms with Crippen LogP contribution in [0.25, 0.3) is 0 Å². The number of aliphatic imine (C=N–C) groups is 1. The number of guanidine groups is 1. The highest BCUT2D eigenvalue weighted by Gasteiger charge is 1.92.